The number of hydrogen-bond acceptors (Lipinski definition) is 2. The van der Waals surface area contributed by atoms with E-state index in [1.165, 1.54) is 0 Å². The molecule has 1 saturated heterocycles. The quantitative estimate of drug-likeness (QED) is 0.688. The highest BCUT2D eigenvalue weighted by Crippen LogP contribution is 2.17. The summed E-state index contributed by atoms with van der Waals surface area (Å²) < 4.78 is 12.7. The molecule has 3 nitrogen and oxygen atoms in total. The fourth-order valence-corrected chi connectivity index (χ4v) is 1.49. The number of alkyl halides is 1. The minimum Gasteiger partial charge on any atom is -0.342 e. The zero-order valence-corrected chi connectivity index (χ0v) is 6.83. The van der Waals surface area contributed by atoms with Gasteiger partial charge < -0.3 is 9.88 Å². The molecule has 0 bridgehead atoms. The number of aromatic nitrogens is 2. The number of anilines is 1. The van der Waals surface area contributed by atoms with Crippen molar-refractivity contribution in [1.82, 2.24) is 9.97 Å². The second-order valence-corrected chi connectivity index (χ2v) is 3.07. The van der Waals surface area contributed by atoms with Crippen molar-refractivity contribution in [3.8, 4) is 0 Å². The van der Waals surface area contributed by atoms with Gasteiger partial charge in [-0.15, -0.1) is 0 Å². The van der Waals surface area contributed by atoms with Gasteiger partial charge in [0.1, 0.15) is 6.17 Å². The average Bonchev–Trinajstić information content (AvgIpc) is 2.58. The Hall–Kier alpha value is -1.06. The summed E-state index contributed by atoms with van der Waals surface area (Å²) in [5, 5.41) is 0. The third kappa shape index (κ3) is 1.42. The molecule has 2 heterocycles. The molecule has 1 aromatic rings. The molecule has 0 spiro atoms. The van der Waals surface area contributed by atoms with Crippen molar-refractivity contribution in [2.75, 3.05) is 18.0 Å². The Kier molecular flexibility index (Phi) is 1.98. The maximum Gasteiger partial charge on any atom is 0.202 e. The predicted octanol–water partition coefficient (Wildman–Crippen LogP) is 1.35. The van der Waals surface area contributed by atoms with Crippen LogP contribution in [0.1, 0.15) is 12.8 Å². The molecule has 0 radical (unpaired) electrons. The molecule has 0 atom stereocenters. The van der Waals surface area contributed by atoms with Crippen LogP contribution in [0.3, 0.4) is 0 Å². The van der Waals surface area contributed by atoms with Crippen LogP contribution in [-0.2, 0) is 0 Å². The van der Waals surface area contributed by atoms with Crippen molar-refractivity contribution in [3.63, 3.8) is 0 Å². The lowest BCUT2D eigenvalue weighted by atomic mass is 10.1. The standard InChI is InChI=1S/C8H12FN3/c9-7-1-5-12(6-2-7)8-10-3-4-11-8/h3-4,7H,1-2,5-6H2,(H,10,11). The van der Waals surface area contributed by atoms with Gasteiger partial charge in [0.25, 0.3) is 0 Å². The van der Waals surface area contributed by atoms with Crippen LogP contribution in [0.15, 0.2) is 12.4 Å². The fraction of sp³-hybridized carbons (Fsp3) is 0.625. The van der Waals surface area contributed by atoms with E-state index in [2.05, 4.69) is 14.9 Å². The minimum absolute atomic E-state index is 0.615. The average molecular weight is 169 g/mol. The molecule has 0 saturated carbocycles. The smallest absolute Gasteiger partial charge is 0.202 e. The van der Waals surface area contributed by atoms with Crippen molar-refractivity contribution < 1.29 is 4.39 Å². The molecule has 0 amide bonds. The molecule has 1 N–H and O–H groups in total. The SMILES string of the molecule is FC1CCN(c2ncc[nH]2)CC1. The minimum atomic E-state index is -0.615. The summed E-state index contributed by atoms with van der Waals surface area (Å²) in [4.78, 5) is 9.21. The molecule has 0 aliphatic carbocycles. The van der Waals surface area contributed by atoms with Gasteiger partial charge in [0.05, 0.1) is 0 Å². The molecular formula is C8H12FN3. The van der Waals surface area contributed by atoms with Gasteiger partial charge >= 0.3 is 0 Å². The van der Waals surface area contributed by atoms with E-state index in [1.54, 1.807) is 12.4 Å². The lowest BCUT2D eigenvalue weighted by molar-refractivity contribution is 0.276. The van der Waals surface area contributed by atoms with Crippen LogP contribution in [0.5, 0.6) is 0 Å². The first kappa shape index (κ1) is 7.58. The van der Waals surface area contributed by atoms with Crippen molar-refractivity contribution in [2.24, 2.45) is 0 Å². The van der Waals surface area contributed by atoms with E-state index in [-0.39, 0.29) is 0 Å². The zero-order chi connectivity index (χ0) is 8.39. The Labute approximate surface area is 70.6 Å². The Morgan fingerprint density at radius 1 is 1.50 bits per heavy atom. The number of H-pyrrole nitrogens is 1. The molecule has 12 heavy (non-hydrogen) atoms. The molecule has 1 aliphatic rings. The summed E-state index contributed by atoms with van der Waals surface area (Å²) in [5.74, 6) is 0.863. The number of nitrogens with one attached hydrogen (secondary N) is 1. The molecule has 66 valence electrons. The second kappa shape index (κ2) is 3.13. The van der Waals surface area contributed by atoms with Crippen LogP contribution in [0.2, 0.25) is 0 Å². The lowest BCUT2D eigenvalue weighted by Crippen LogP contribution is -2.34. The molecular weight excluding hydrogens is 157 g/mol. The van der Waals surface area contributed by atoms with E-state index >= 15 is 0 Å². The van der Waals surface area contributed by atoms with E-state index in [1.807, 2.05) is 0 Å². The number of hydrogen-bond donors (Lipinski definition) is 1. The highest BCUT2D eigenvalue weighted by molar-refractivity contribution is 5.29. The van der Waals surface area contributed by atoms with E-state index in [0.717, 1.165) is 19.0 Å². The number of halogens is 1. The van der Waals surface area contributed by atoms with E-state index in [0.29, 0.717) is 12.8 Å². The van der Waals surface area contributed by atoms with Gasteiger partial charge in [-0.25, -0.2) is 9.37 Å². The summed E-state index contributed by atoms with van der Waals surface area (Å²) >= 11 is 0. The topological polar surface area (TPSA) is 31.9 Å². The normalized spacial score (nSPS) is 19.9. The maximum absolute atomic E-state index is 12.7. The van der Waals surface area contributed by atoms with Crippen molar-refractivity contribution in [3.05, 3.63) is 12.4 Å². The van der Waals surface area contributed by atoms with Crippen molar-refractivity contribution >= 4 is 5.95 Å². The number of aromatic amines is 1. The first-order chi connectivity index (χ1) is 5.86. The number of imidazole rings is 1. The molecule has 0 unspecified atom stereocenters. The van der Waals surface area contributed by atoms with Gasteiger partial charge in [-0.3, -0.25) is 0 Å². The van der Waals surface area contributed by atoms with Crippen LogP contribution in [0.4, 0.5) is 10.3 Å². The molecule has 2 rings (SSSR count). The Balaban J connectivity index is 1.99. The van der Waals surface area contributed by atoms with Crippen LogP contribution < -0.4 is 4.90 Å². The lowest BCUT2D eigenvalue weighted by Gasteiger charge is -2.27. The molecule has 1 aromatic heterocycles. The third-order valence-electron chi connectivity index (χ3n) is 2.21. The van der Waals surface area contributed by atoms with Gasteiger partial charge in [0.2, 0.25) is 5.95 Å². The third-order valence-corrected chi connectivity index (χ3v) is 2.21. The molecule has 1 fully saturated rings. The Morgan fingerprint density at radius 3 is 2.83 bits per heavy atom. The highest BCUT2D eigenvalue weighted by Gasteiger charge is 2.19. The Morgan fingerprint density at radius 2 is 2.25 bits per heavy atom. The Bertz CT molecular complexity index is 226. The predicted molar refractivity (Wildman–Crippen MR) is 44.9 cm³/mol. The summed E-state index contributed by atoms with van der Waals surface area (Å²) in [5.41, 5.74) is 0. The second-order valence-electron chi connectivity index (χ2n) is 3.07. The van der Waals surface area contributed by atoms with Crippen LogP contribution in [0.25, 0.3) is 0 Å². The first-order valence-corrected chi connectivity index (χ1v) is 4.24. The molecule has 4 heteroatoms. The summed E-state index contributed by atoms with van der Waals surface area (Å²) in [7, 11) is 0. The fourth-order valence-electron chi connectivity index (χ4n) is 1.49. The van der Waals surface area contributed by atoms with Gasteiger partial charge in [-0.1, -0.05) is 0 Å². The highest BCUT2D eigenvalue weighted by atomic mass is 19.1. The van der Waals surface area contributed by atoms with Crippen LogP contribution >= 0.6 is 0 Å². The monoisotopic (exact) mass is 169 g/mol. The van der Waals surface area contributed by atoms with Gasteiger partial charge in [0, 0.05) is 25.5 Å². The van der Waals surface area contributed by atoms with Gasteiger partial charge in [0.15, 0.2) is 0 Å². The summed E-state index contributed by atoms with van der Waals surface area (Å²) in [6.07, 6.45) is 4.14. The van der Waals surface area contributed by atoms with Crippen LogP contribution in [0, 0.1) is 0 Å². The zero-order valence-electron chi connectivity index (χ0n) is 6.83. The number of nitrogens with zero attached hydrogens (tertiary/aromatic N) is 2. The molecule has 0 aromatic carbocycles. The van der Waals surface area contributed by atoms with Gasteiger partial charge in [-0.05, 0) is 12.8 Å². The van der Waals surface area contributed by atoms with Crippen molar-refractivity contribution in [1.29, 1.82) is 0 Å². The summed E-state index contributed by atoms with van der Waals surface area (Å²) in [6.45, 7) is 1.55. The van der Waals surface area contributed by atoms with Crippen LogP contribution in [-0.4, -0.2) is 29.2 Å². The molecule has 1 aliphatic heterocycles. The van der Waals surface area contributed by atoms with E-state index < -0.39 is 6.17 Å². The van der Waals surface area contributed by atoms with Gasteiger partial charge in [-0.2, -0.15) is 0 Å². The largest absolute Gasteiger partial charge is 0.342 e. The van der Waals surface area contributed by atoms with E-state index in [9.17, 15) is 4.39 Å². The maximum atomic E-state index is 12.7. The number of piperidine rings is 1. The number of rotatable bonds is 1. The van der Waals surface area contributed by atoms with E-state index in [4.69, 9.17) is 0 Å². The van der Waals surface area contributed by atoms with Crippen molar-refractivity contribution in [2.45, 2.75) is 19.0 Å². The summed E-state index contributed by atoms with van der Waals surface area (Å²) in [6, 6.07) is 0. The first-order valence-electron chi connectivity index (χ1n) is 4.24.